The fourth-order valence-electron chi connectivity index (χ4n) is 4.97. The van der Waals surface area contributed by atoms with Crippen molar-refractivity contribution in [1.82, 2.24) is 0 Å². The van der Waals surface area contributed by atoms with Gasteiger partial charge >= 0.3 is 0 Å². The van der Waals surface area contributed by atoms with Gasteiger partial charge in [0.05, 0.1) is 11.0 Å². The highest BCUT2D eigenvalue weighted by atomic mass is 32.2. The maximum atomic E-state index is 12.1. The van der Waals surface area contributed by atoms with Crippen LogP contribution in [0.15, 0.2) is 24.3 Å². The molecule has 0 radical (unpaired) electrons. The normalized spacial score (nSPS) is 25.0. The highest BCUT2D eigenvalue weighted by Crippen LogP contribution is 2.34. The quantitative estimate of drug-likeness (QED) is 0.548. The number of hydrogen-bond acceptors (Lipinski definition) is 2. The van der Waals surface area contributed by atoms with Crippen molar-refractivity contribution in [2.75, 3.05) is 5.75 Å². The molecule has 3 heteroatoms. The van der Waals surface area contributed by atoms with E-state index in [1.807, 2.05) is 0 Å². The molecule has 2 aliphatic carbocycles. The molecular weight excluding hydrogens is 352 g/mol. The average molecular weight is 391 g/mol. The molecule has 27 heavy (non-hydrogen) atoms. The third-order valence-electron chi connectivity index (χ3n) is 7.05. The van der Waals surface area contributed by atoms with Gasteiger partial charge in [-0.25, -0.2) is 8.42 Å². The number of rotatable bonds is 7. The van der Waals surface area contributed by atoms with Crippen LogP contribution in [0, 0.1) is 11.8 Å². The average Bonchev–Trinajstić information content (AvgIpc) is 2.68. The molecule has 2 fully saturated rings. The highest BCUT2D eigenvalue weighted by molar-refractivity contribution is 7.91. The van der Waals surface area contributed by atoms with E-state index in [1.165, 1.54) is 63.4 Å². The molecule has 3 rings (SSSR count). The van der Waals surface area contributed by atoms with E-state index in [0.717, 1.165) is 24.7 Å². The van der Waals surface area contributed by atoms with Gasteiger partial charge in [-0.05, 0) is 81.3 Å². The van der Waals surface area contributed by atoms with Gasteiger partial charge in [0.25, 0.3) is 0 Å². The van der Waals surface area contributed by atoms with Crippen LogP contribution in [0.5, 0.6) is 0 Å². The number of sulfone groups is 1. The van der Waals surface area contributed by atoms with Crippen molar-refractivity contribution < 1.29 is 8.42 Å². The van der Waals surface area contributed by atoms with Crippen LogP contribution >= 0.6 is 0 Å². The summed E-state index contributed by atoms with van der Waals surface area (Å²) in [5.41, 5.74) is 3.02. The van der Waals surface area contributed by atoms with Crippen molar-refractivity contribution >= 4 is 9.84 Å². The Hall–Kier alpha value is -0.830. The third-order valence-corrected chi connectivity index (χ3v) is 9.42. The Kier molecular flexibility index (Phi) is 7.42. The predicted molar refractivity (Wildman–Crippen MR) is 115 cm³/mol. The topological polar surface area (TPSA) is 34.1 Å². The summed E-state index contributed by atoms with van der Waals surface area (Å²) in [5, 5.41) is -0.230. The maximum absolute atomic E-state index is 12.1. The van der Waals surface area contributed by atoms with E-state index < -0.39 is 9.84 Å². The first kappa shape index (κ1) is 20.9. The van der Waals surface area contributed by atoms with Gasteiger partial charge < -0.3 is 0 Å². The molecule has 2 aliphatic rings. The van der Waals surface area contributed by atoms with E-state index in [-0.39, 0.29) is 5.25 Å². The molecule has 0 spiro atoms. The molecule has 0 aromatic heterocycles. The Morgan fingerprint density at radius 3 is 2.04 bits per heavy atom. The molecule has 1 aromatic rings. The minimum Gasteiger partial charge on any atom is -0.229 e. The van der Waals surface area contributed by atoms with Crippen LogP contribution < -0.4 is 0 Å². The summed E-state index contributed by atoms with van der Waals surface area (Å²) < 4.78 is 24.3. The number of hydrogen-bond donors (Lipinski definition) is 0. The van der Waals surface area contributed by atoms with E-state index in [0.29, 0.717) is 11.7 Å². The molecule has 0 aliphatic heterocycles. The minimum absolute atomic E-state index is 0.230. The molecule has 1 aromatic carbocycles. The Morgan fingerprint density at radius 2 is 1.44 bits per heavy atom. The SMILES string of the molecule is CC(C)S(=O)(=O)CC1CCC(CCc2ccc(C3CCCCC3)cc2)CC1. The summed E-state index contributed by atoms with van der Waals surface area (Å²) in [7, 11) is -2.88. The monoisotopic (exact) mass is 390 g/mol. The largest absolute Gasteiger partial charge is 0.229 e. The molecule has 0 unspecified atom stereocenters. The number of aryl methyl sites for hydroxylation is 1. The second-order valence-corrected chi connectivity index (χ2v) is 12.0. The van der Waals surface area contributed by atoms with E-state index in [9.17, 15) is 8.42 Å². The van der Waals surface area contributed by atoms with Crippen LogP contribution in [0.25, 0.3) is 0 Å². The van der Waals surface area contributed by atoms with Crippen molar-refractivity contribution in [2.45, 2.75) is 95.6 Å². The van der Waals surface area contributed by atoms with Gasteiger partial charge in [0, 0.05) is 0 Å². The lowest BCUT2D eigenvalue weighted by Crippen LogP contribution is -2.26. The molecular formula is C24H38O2S. The third kappa shape index (κ3) is 6.07. The van der Waals surface area contributed by atoms with Gasteiger partial charge in [-0.15, -0.1) is 0 Å². The van der Waals surface area contributed by atoms with Crippen molar-refractivity contribution in [1.29, 1.82) is 0 Å². The van der Waals surface area contributed by atoms with Crippen LogP contribution in [0.4, 0.5) is 0 Å². The summed E-state index contributed by atoms with van der Waals surface area (Å²) in [6, 6.07) is 9.45. The van der Waals surface area contributed by atoms with Gasteiger partial charge in [0.15, 0.2) is 9.84 Å². The van der Waals surface area contributed by atoms with Crippen LogP contribution in [0.3, 0.4) is 0 Å². The first-order valence-corrected chi connectivity index (χ1v) is 13.0. The van der Waals surface area contributed by atoms with E-state index >= 15 is 0 Å². The van der Waals surface area contributed by atoms with Crippen LogP contribution in [-0.2, 0) is 16.3 Å². The molecule has 152 valence electrons. The van der Waals surface area contributed by atoms with Crippen LogP contribution in [0.1, 0.15) is 95.1 Å². The van der Waals surface area contributed by atoms with Crippen molar-refractivity contribution in [3.63, 3.8) is 0 Å². The van der Waals surface area contributed by atoms with Crippen molar-refractivity contribution in [2.24, 2.45) is 11.8 Å². The second-order valence-electron chi connectivity index (χ2n) is 9.38. The van der Waals surface area contributed by atoms with Crippen molar-refractivity contribution in [3.05, 3.63) is 35.4 Å². The van der Waals surface area contributed by atoms with E-state index in [2.05, 4.69) is 24.3 Å². The Labute approximate surface area is 167 Å². The molecule has 0 heterocycles. The number of benzene rings is 1. The van der Waals surface area contributed by atoms with Gasteiger partial charge in [-0.3, -0.25) is 0 Å². The summed E-state index contributed by atoms with van der Waals surface area (Å²) >= 11 is 0. The summed E-state index contributed by atoms with van der Waals surface area (Å²) in [6.45, 7) is 3.61. The minimum atomic E-state index is -2.88. The van der Waals surface area contributed by atoms with Crippen LogP contribution in [0.2, 0.25) is 0 Å². The fourth-order valence-corrected chi connectivity index (χ4v) is 6.35. The van der Waals surface area contributed by atoms with Gasteiger partial charge in [0.1, 0.15) is 0 Å². The Morgan fingerprint density at radius 1 is 0.852 bits per heavy atom. The summed E-state index contributed by atoms with van der Waals surface area (Å²) in [5.74, 6) is 2.37. The first-order valence-electron chi connectivity index (χ1n) is 11.2. The lowest BCUT2D eigenvalue weighted by atomic mass is 9.80. The van der Waals surface area contributed by atoms with Crippen LogP contribution in [-0.4, -0.2) is 19.4 Å². The predicted octanol–water partition coefficient (Wildman–Crippen LogP) is 6.30. The second kappa shape index (κ2) is 9.58. The molecule has 2 nitrogen and oxygen atoms in total. The first-order chi connectivity index (χ1) is 12.9. The Balaban J connectivity index is 1.41. The zero-order valence-electron chi connectivity index (χ0n) is 17.3. The van der Waals surface area contributed by atoms with E-state index in [4.69, 9.17) is 0 Å². The molecule has 0 bridgehead atoms. The van der Waals surface area contributed by atoms with Crippen molar-refractivity contribution in [3.8, 4) is 0 Å². The fraction of sp³-hybridized carbons (Fsp3) is 0.750. The van der Waals surface area contributed by atoms with Gasteiger partial charge in [0.2, 0.25) is 0 Å². The zero-order chi connectivity index (χ0) is 19.3. The van der Waals surface area contributed by atoms with E-state index in [1.54, 1.807) is 19.4 Å². The van der Waals surface area contributed by atoms with Gasteiger partial charge in [-0.1, -0.05) is 56.4 Å². The smallest absolute Gasteiger partial charge is 0.152 e. The molecule has 0 N–H and O–H groups in total. The zero-order valence-corrected chi connectivity index (χ0v) is 18.1. The lowest BCUT2D eigenvalue weighted by molar-refractivity contribution is 0.278. The molecule has 0 atom stereocenters. The maximum Gasteiger partial charge on any atom is 0.152 e. The summed E-state index contributed by atoms with van der Waals surface area (Å²) in [4.78, 5) is 0. The Bertz CT molecular complexity index is 661. The summed E-state index contributed by atoms with van der Waals surface area (Å²) in [6.07, 6.45) is 14.0. The standard InChI is InChI=1S/C24H38O2S/c1-19(2)27(25,26)18-22-12-10-20(11-13-22)8-9-21-14-16-24(17-15-21)23-6-4-3-5-7-23/h14-17,19-20,22-23H,3-13,18H2,1-2H3. The molecule has 2 saturated carbocycles. The van der Waals surface area contributed by atoms with Gasteiger partial charge in [-0.2, -0.15) is 0 Å². The molecule has 0 saturated heterocycles. The lowest BCUT2D eigenvalue weighted by Gasteiger charge is -2.29. The molecule has 0 amide bonds. The highest BCUT2D eigenvalue weighted by Gasteiger charge is 2.27.